The number of morpholine rings is 1. The monoisotopic (exact) mass is 222 g/mol. The summed E-state index contributed by atoms with van der Waals surface area (Å²) in [6, 6.07) is 7.01. The molecule has 1 saturated heterocycles. The zero-order valence-corrected chi connectivity index (χ0v) is 8.89. The van der Waals surface area contributed by atoms with Gasteiger partial charge < -0.3 is 10.1 Å². The molecule has 2 rings (SSSR count). The molecule has 0 aliphatic carbocycles. The van der Waals surface area contributed by atoms with Crippen molar-refractivity contribution < 1.29 is 9.66 Å². The summed E-state index contributed by atoms with van der Waals surface area (Å²) in [6.07, 6.45) is 0.766. The fourth-order valence-electron chi connectivity index (χ4n) is 1.83. The predicted molar refractivity (Wildman–Crippen MR) is 59.4 cm³/mol. The Morgan fingerprint density at radius 3 is 3.12 bits per heavy atom. The van der Waals surface area contributed by atoms with Gasteiger partial charge in [-0.15, -0.1) is 0 Å². The summed E-state index contributed by atoms with van der Waals surface area (Å²) in [4.78, 5) is 10.2. The van der Waals surface area contributed by atoms with E-state index in [1.54, 1.807) is 12.1 Å². The van der Waals surface area contributed by atoms with Gasteiger partial charge in [0.25, 0.3) is 5.69 Å². The second kappa shape index (κ2) is 5.05. The quantitative estimate of drug-likeness (QED) is 0.615. The number of nitrogens with one attached hydrogen (secondary N) is 1. The number of hydrogen-bond acceptors (Lipinski definition) is 4. The fraction of sp³-hybridized carbons (Fsp3) is 0.455. The first-order valence-electron chi connectivity index (χ1n) is 5.30. The molecule has 0 radical (unpaired) electrons. The lowest BCUT2D eigenvalue weighted by Gasteiger charge is -2.23. The summed E-state index contributed by atoms with van der Waals surface area (Å²) >= 11 is 0. The first-order valence-corrected chi connectivity index (χ1v) is 5.30. The standard InChI is InChI=1S/C11H14N2O3/c14-13(15)11-3-1-2-9(7-11)6-10-8-16-5-4-12-10/h1-3,7,10,12H,4-6,8H2. The van der Waals surface area contributed by atoms with Crippen molar-refractivity contribution in [2.75, 3.05) is 19.8 Å². The van der Waals surface area contributed by atoms with Gasteiger partial charge in [0, 0.05) is 24.7 Å². The third-order valence-corrected chi connectivity index (χ3v) is 2.60. The second-order valence-electron chi connectivity index (χ2n) is 3.86. The van der Waals surface area contributed by atoms with Crippen LogP contribution in [0, 0.1) is 10.1 Å². The van der Waals surface area contributed by atoms with E-state index in [-0.39, 0.29) is 16.7 Å². The van der Waals surface area contributed by atoms with Crippen LogP contribution >= 0.6 is 0 Å². The van der Waals surface area contributed by atoms with E-state index >= 15 is 0 Å². The van der Waals surface area contributed by atoms with Crippen LogP contribution in [0.15, 0.2) is 24.3 Å². The fourth-order valence-corrected chi connectivity index (χ4v) is 1.83. The third kappa shape index (κ3) is 2.77. The highest BCUT2D eigenvalue weighted by Gasteiger charge is 2.14. The number of benzene rings is 1. The van der Waals surface area contributed by atoms with Crippen molar-refractivity contribution in [2.45, 2.75) is 12.5 Å². The number of nitro benzene ring substituents is 1. The molecule has 0 saturated carbocycles. The molecule has 0 aromatic heterocycles. The van der Waals surface area contributed by atoms with Crippen LogP contribution in [0.4, 0.5) is 5.69 Å². The molecular formula is C11H14N2O3. The zero-order valence-electron chi connectivity index (χ0n) is 8.89. The maximum atomic E-state index is 10.6. The van der Waals surface area contributed by atoms with Crippen LogP contribution in [0.3, 0.4) is 0 Å². The number of nitrogens with zero attached hydrogens (tertiary/aromatic N) is 1. The summed E-state index contributed by atoms with van der Waals surface area (Å²) in [7, 11) is 0. The maximum Gasteiger partial charge on any atom is 0.269 e. The minimum Gasteiger partial charge on any atom is -0.379 e. The van der Waals surface area contributed by atoms with Gasteiger partial charge >= 0.3 is 0 Å². The van der Waals surface area contributed by atoms with Crippen LogP contribution in [0.2, 0.25) is 0 Å². The Hall–Kier alpha value is -1.46. The van der Waals surface area contributed by atoms with Crippen LogP contribution in [-0.2, 0) is 11.2 Å². The molecule has 0 spiro atoms. The molecule has 0 bridgehead atoms. The number of nitro groups is 1. The molecule has 1 N–H and O–H groups in total. The van der Waals surface area contributed by atoms with Crippen molar-refractivity contribution >= 4 is 5.69 Å². The molecule has 5 nitrogen and oxygen atoms in total. The molecule has 1 heterocycles. The number of ether oxygens (including phenoxy) is 1. The first kappa shape index (κ1) is 11.0. The lowest BCUT2D eigenvalue weighted by atomic mass is 10.1. The summed E-state index contributed by atoms with van der Waals surface area (Å²) in [5.74, 6) is 0. The molecule has 5 heteroatoms. The Morgan fingerprint density at radius 2 is 2.44 bits per heavy atom. The average molecular weight is 222 g/mol. The van der Waals surface area contributed by atoms with E-state index in [0.717, 1.165) is 25.1 Å². The Morgan fingerprint density at radius 1 is 1.56 bits per heavy atom. The van der Waals surface area contributed by atoms with E-state index in [1.807, 2.05) is 6.07 Å². The summed E-state index contributed by atoms with van der Waals surface area (Å²) in [5, 5.41) is 13.9. The average Bonchev–Trinajstić information content (AvgIpc) is 2.30. The highest BCUT2D eigenvalue weighted by molar-refractivity contribution is 5.34. The molecule has 1 atom stereocenters. The van der Waals surface area contributed by atoms with Gasteiger partial charge in [-0.2, -0.15) is 0 Å². The summed E-state index contributed by atoms with van der Waals surface area (Å²) in [6.45, 7) is 2.26. The van der Waals surface area contributed by atoms with E-state index in [2.05, 4.69) is 5.32 Å². The predicted octanol–water partition coefficient (Wildman–Crippen LogP) is 1.13. The Bertz CT molecular complexity index is 375. The minimum absolute atomic E-state index is 0.147. The number of hydrogen-bond donors (Lipinski definition) is 1. The summed E-state index contributed by atoms with van der Waals surface area (Å²) < 4.78 is 5.34. The van der Waals surface area contributed by atoms with Gasteiger partial charge in [0.15, 0.2) is 0 Å². The SMILES string of the molecule is O=[N+]([O-])c1cccc(CC2COCCN2)c1. The van der Waals surface area contributed by atoms with Gasteiger partial charge in [0.05, 0.1) is 18.1 Å². The van der Waals surface area contributed by atoms with Gasteiger partial charge in [-0.3, -0.25) is 10.1 Å². The Labute approximate surface area is 93.6 Å². The van der Waals surface area contributed by atoms with Crippen LogP contribution < -0.4 is 5.32 Å². The molecule has 1 unspecified atom stereocenters. The first-order chi connectivity index (χ1) is 7.75. The van der Waals surface area contributed by atoms with Crippen molar-refractivity contribution in [3.05, 3.63) is 39.9 Å². The van der Waals surface area contributed by atoms with Crippen molar-refractivity contribution in [3.63, 3.8) is 0 Å². The zero-order chi connectivity index (χ0) is 11.4. The molecule has 1 aliphatic heterocycles. The molecule has 16 heavy (non-hydrogen) atoms. The number of non-ortho nitro benzene ring substituents is 1. The highest BCUT2D eigenvalue weighted by atomic mass is 16.6. The van der Waals surface area contributed by atoms with E-state index in [0.29, 0.717) is 6.61 Å². The maximum absolute atomic E-state index is 10.6. The van der Waals surface area contributed by atoms with Gasteiger partial charge in [-0.05, 0) is 12.0 Å². The van der Waals surface area contributed by atoms with Gasteiger partial charge in [-0.25, -0.2) is 0 Å². The van der Waals surface area contributed by atoms with Gasteiger partial charge in [0.1, 0.15) is 0 Å². The van der Waals surface area contributed by atoms with E-state index in [1.165, 1.54) is 6.07 Å². The molecule has 86 valence electrons. The lowest BCUT2D eigenvalue weighted by molar-refractivity contribution is -0.384. The Balaban J connectivity index is 2.02. The smallest absolute Gasteiger partial charge is 0.269 e. The van der Waals surface area contributed by atoms with E-state index in [4.69, 9.17) is 4.74 Å². The van der Waals surface area contributed by atoms with Crippen molar-refractivity contribution in [1.29, 1.82) is 0 Å². The van der Waals surface area contributed by atoms with Crippen molar-refractivity contribution in [1.82, 2.24) is 5.32 Å². The van der Waals surface area contributed by atoms with E-state index < -0.39 is 0 Å². The summed E-state index contributed by atoms with van der Waals surface area (Å²) in [5.41, 5.74) is 1.12. The highest BCUT2D eigenvalue weighted by Crippen LogP contribution is 2.14. The number of rotatable bonds is 3. The molecular weight excluding hydrogens is 208 g/mol. The lowest BCUT2D eigenvalue weighted by Crippen LogP contribution is -2.42. The normalized spacial score (nSPS) is 20.6. The molecule has 1 aliphatic rings. The van der Waals surface area contributed by atoms with Crippen LogP contribution in [0.25, 0.3) is 0 Å². The largest absolute Gasteiger partial charge is 0.379 e. The van der Waals surface area contributed by atoms with Crippen molar-refractivity contribution in [2.24, 2.45) is 0 Å². The molecule has 0 amide bonds. The minimum atomic E-state index is -0.367. The Kier molecular flexibility index (Phi) is 3.48. The molecule has 1 fully saturated rings. The molecule has 1 aromatic rings. The van der Waals surface area contributed by atoms with Crippen LogP contribution in [0.1, 0.15) is 5.56 Å². The second-order valence-corrected chi connectivity index (χ2v) is 3.86. The molecule has 1 aromatic carbocycles. The van der Waals surface area contributed by atoms with Gasteiger partial charge in [-0.1, -0.05) is 12.1 Å². The van der Waals surface area contributed by atoms with Crippen LogP contribution in [0.5, 0.6) is 0 Å². The van der Waals surface area contributed by atoms with Crippen LogP contribution in [-0.4, -0.2) is 30.7 Å². The third-order valence-electron chi connectivity index (χ3n) is 2.60. The van der Waals surface area contributed by atoms with Crippen molar-refractivity contribution in [3.8, 4) is 0 Å². The topological polar surface area (TPSA) is 64.4 Å². The van der Waals surface area contributed by atoms with E-state index in [9.17, 15) is 10.1 Å². The van der Waals surface area contributed by atoms with Gasteiger partial charge in [0.2, 0.25) is 0 Å².